The Labute approximate surface area is 177 Å². The van der Waals surface area contributed by atoms with Crippen molar-refractivity contribution in [3.05, 3.63) is 60.3 Å². The number of hydrogen-bond donors (Lipinski definition) is 0. The van der Waals surface area contributed by atoms with Crippen LogP contribution in [0, 0.1) is 12.3 Å². The van der Waals surface area contributed by atoms with Crippen LogP contribution in [0.4, 0.5) is 0 Å². The maximum absolute atomic E-state index is 12.5. The first-order valence-electron chi connectivity index (χ1n) is 10.9. The van der Waals surface area contributed by atoms with Gasteiger partial charge in [-0.1, -0.05) is 25.1 Å². The molecule has 1 saturated carbocycles. The zero-order valence-electron chi connectivity index (χ0n) is 17.7. The molecule has 1 aliphatic carbocycles. The van der Waals surface area contributed by atoms with Gasteiger partial charge in [0.05, 0.1) is 5.52 Å². The molecule has 154 valence electrons. The number of carbonyl (C=O) groups excluding carboxylic acids is 1. The number of amides is 1. The number of rotatable bonds is 4. The standard InChI is InChI=1S/C26H28N2O2/c1-18-16-20-4-3-13-27-24(20)17-23(18)19-5-7-21(8-6-19)30-22-9-14-28(15-10-22)25(29)26(2)11-12-26/h3-8,13,16-17,22H,9-12,14-15H2,1-2H3. The Hall–Kier alpha value is -2.88. The topological polar surface area (TPSA) is 42.4 Å². The van der Waals surface area contributed by atoms with Crippen LogP contribution in [0.5, 0.6) is 5.75 Å². The van der Waals surface area contributed by atoms with E-state index in [-0.39, 0.29) is 11.5 Å². The molecule has 0 spiro atoms. The quantitative estimate of drug-likeness (QED) is 0.590. The van der Waals surface area contributed by atoms with E-state index in [0.717, 1.165) is 50.0 Å². The molecule has 4 heteroatoms. The Kier molecular flexibility index (Phi) is 4.73. The predicted molar refractivity (Wildman–Crippen MR) is 119 cm³/mol. The van der Waals surface area contributed by atoms with Gasteiger partial charge in [0, 0.05) is 42.9 Å². The van der Waals surface area contributed by atoms with E-state index in [1.165, 1.54) is 22.1 Å². The Morgan fingerprint density at radius 1 is 1.10 bits per heavy atom. The van der Waals surface area contributed by atoms with Gasteiger partial charge in [-0.3, -0.25) is 9.78 Å². The highest BCUT2D eigenvalue weighted by Crippen LogP contribution is 2.46. The maximum Gasteiger partial charge on any atom is 0.228 e. The van der Waals surface area contributed by atoms with Crippen LogP contribution < -0.4 is 4.74 Å². The molecule has 0 unspecified atom stereocenters. The van der Waals surface area contributed by atoms with Gasteiger partial charge < -0.3 is 9.64 Å². The number of aryl methyl sites for hydroxylation is 1. The Balaban J connectivity index is 1.24. The molecule has 1 amide bonds. The molecule has 2 aliphatic rings. The third-order valence-corrected chi connectivity index (χ3v) is 6.66. The van der Waals surface area contributed by atoms with Gasteiger partial charge in [0.15, 0.2) is 0 Å². The Morgan fingerprint density at radius 2 is 1.83 bits per heavy atom. The van der Waals surface area contributed by atoms with E-state index in [9.17, 15) is 4.79 Å². The highest BCUT2D eigenvalue weighted by Gasteiger charge is 2.47. The lowest BCUT2D eigenvalue weighted by molar-refractivity contribution is -0.138. The zero-order valence-corrected chi connectivity index (χ0v) is 17.7. The normalized spacial score (nSPS) is 18.4. The average molecular weight is 401 g/mol. The molecular formula is C26H28N2O2. The van der Waals surface area contributed by atoms with Crippen molar-refractivity contribution in [3.63, 3.8) is 0 Å². The van der Waals surface area contributed by atoms with Crippen molar-refractivity contribution in [2.75, 3.05) is 13.1 Å². The summed E-state index contributed by atoms with van der Waals surface area (Å²) in [5.74, 6) is 1.24. The second-order valence-electron chi connectivity index (χ2n) is 9.06. The van der Waals surface area contributed by atoms with E-state index >= 15 is 0 Å². The van der Waals surface area contributed by atoms with Crippen molar-refractivity contribution in [2.24, 2.45) is 5.41 Å². The molecule has 0 radical (unpaired) electrons. The summed E-state index contributed by atoms with van der Waals surface area (Å²) >= 11 is 0. The van der Waals surface area contributed by atoms with Gasteiger partial charge >= 0.3 is 0 Å². The van der Waals surface area contributed by atoms with Crippen molar-refractivity contribution in [3.8, 4) is 16.9 Å². The van der Waals surface area contributed by atoms with Gasteiger partial charge in [-0.2, -0.15) is 0 Å². The summed E-state index contributed by atoms with van der Waals surface area (Å²) in [6, 6.07) is 16.8. The number of carbonyl (C=O) groups is 1. The molecule has 1 aliphatic heterocycles. The summed E-state index contributed by atoms with van der Waals surface area (Å²) in [5, 5.41) is 1.17. The lowest BCUT2D eigenvalue weighted by Gasteiger charge is -2.33. The van der Waals surface area contributed by atoms with Crippen LogP contribution in [-0.4, -0.2) is 35.0 Å². The molecule has 0 bridgehead atoms. The first-order valence-corrected chi connectivity index (χ1v) is 10.9. The number of pyridine rings is 1. The molecule has 30 heavy (non-hydrogen) atoms. The molecule has 2 aromatic carbocycles. The number of benzene rings is 2. The summed E-state index contributed by atoms with van der Waals surface area (Å²) < 4.78 is 6.23. The van der Waals surface area contributed by atoms with Crippen LogP contribution in [0.25, 0.3) is 22.0 Å². The van der Waals surface area contributed by atoms with E-state index in [2.05, 4.69) is 61.3 Å². The fourth-order valence-electron chi connectivity index (χ4n) is 4.41. The van der Waals surface area contributed by atoms with E-state index < -0.39 is 0 Å². The molecule has 0 N–H and O–H groups in total. The number of fused-ring (bicyclic) bond motifs is 1. The van der Waals surface area contributed by atoms with Crippen molar-refractivity contribution >= 4 is 16.8 Å². The molecular weight excluding hydrogens is 372 g/mol. The van der Waals surface area contributed by atoms with Crippen molar-refractivity contribution in [1.82, 2.24) is 9.88 Å². The van der Waals surface area contributed by atoms with Crippen LogP contribution >= 0.6 is 0 Å². The molecule has 1 saturated heterocycles. The second kappa shape index (κ2) is 7.42. The highest BCUT2D eigenvalue weighted by molar-refractivity contribution is 5.86. The second-order valence-corrected chi connectivity index (χ2v) is 9.06. The first-order chi connectivity index (χ1) is 14.5. The van der Waals surface area contributed by atoms with E-state index in [1.807, 2.05) is 17.2 Å². The molecule has 5 rings (SSSR count). The summed E-state index contributed by atoms with van der Waals surface area (Å²) in [6.07, 6.45) is 5.90. The lowest BCUT2D eigenvalue weighted by atomic mass is 9.98. The fraction of sp³-hybridized carbons (Fsp3) is 0.385. The fourth-order valence-corrected chi connectivity index (χ4v) is 4.41. The summed E-state index contributed by atoms with van der Waals surface area (Å²) in [6.45, 7) is 5.84. The third kappa shape index (κ3) is 3.67. The SMILES string of the molecule is Cc1cc2cccnc2cc1-c1ccc(OC2CCN(C(=O)C3(C)CC3)CC2)cc1. The van der Waals surface area contributed by atoms with Gasteiger partial charge in [0.25, 0.3) is 0 Å². The Morgan fingerprint density at radius 3 is 2.53 bits per heavy atom. The number of aromatic nitrogens is 1. The van der Waals surface area contributed by atoms with Gasteiger partial charge in [-0.15, -0.1) is 0 Å². The molecule has 3 aromatic rings. The van der Waals surface area contributed by atoms with Crippen LogP contribution in [0.3, 0.4) is 0 Å². The predicted octanol–water partition coefficient (Wildman–Crippen LogP) is 5.38. The van der Waals surface area contributed by atoms with Crippen molar-refractivity contribution in [2.45, 2.75) is 45.6 Å². The number of hydrogen-bond acceptors (Lipinski definition) is 3. The van der Waals surface area contributed by atoms with E-state index in [4.69, 9.17) is 4.74 Å². The van der Waals surface area contributed by atoms with Crippen LogP contribution in [-0.2, 0) is 4.79 Å². The number of piperidine rings is 1. The molecule has 2 heterocycles. The third-order valence-electron chi connectivity index (χ3n) is 6.66. The summed E-state index contributed by atoms with van der Waals surface area (Å²) in [5.41, 5.74) is 4.56. The van der Waals surface area contributed by atoms with Crippen LogP contribution in [0.1, 0.15) is 38.2 Å². The molecule has 0 atom stereocenters. The monoisotopic (exact) mass is 400 g/mol. The lowest BCUT2D eigenvalue weighted by Crippen LogP contribution is -2.44. The smallest absolute Gasteiger partial charge is 0.228 e. The zero-order chi connectivity index (χ0) is 20.7. The highest BCUT2D eigenvalue weighted by atomic mass is 16.5. The largest absolute Gasteiger partial charge is 0.490 e. The van der Waals surface area contributed by atoms with E-state index in [0.29, 0.717) is 5.91 Å². The average Bonchev–Trinajstić information content (AvgIpc) is 3.52. The van der Waals surface area contributed by atoms with Crippen LogP contribution in [0.15, 0.2) is 54.7 Å². The number of nitrogens with zero attached hydrogens (tertiary/aromatic N) is 2. The molecule has 1 aromatic heterocycles. The first kappa shape index (κ1) is 19.1. The minimum Gasteiger partial charge on any atom is -0.490 e. The van der Waals surface area contributed by atoms with Crippen molar-refractivity contribution < 1.29 is 9.53 Å². The number of likely N-dealkylation sites (tertiary alicyclic amines) is 1. The molecule has 2 fully saturated rings. The number of ether oxygens (including phenoxy) is 1. The molecule has 4 nitrogen and oxygen atoms in total. The van der Waals surface area contributed by atoms with Gasteiger partial charge in [0.1, 0.15) is 11.9 Å². The van der Waals surface area contributed by atoms with Gasteiger partial charge in [0.2, 0.25) is 5.91 Å². The Bertz CT molecular complexity index is 1080. The van der Waals surface area contributed by atoms with Crippen molar-refractivity contribution in [1.29, 1.82) is 0 Å². The van der Waals surface area contributed by atoms with Crippen LogP contribution in [0.2, 0.25) is 0 Å². The van der Waals surface area contributed by atoms with Gasteiger partial charge in [-0.25, -0.2) is 0 Å². The summed E-state index contributed by atoms with van der Waals surface area (Å²) in [4.78, 5) is 19.0. The minimum atomic E-state index is -0.0695. The minimum absolute atomic E-state index is 0.0695. The van der Waals surface area contributed by atoms with Gasteiger partial charge in [-0.05, 0) is 66.8 Å². The summed E-state index contributed by atoms with van der Waals surface area (Å²) in [7, 11) is 0. The van der Waals surface area contributed by atoms with E-state index in [1.54, 1.807) is 0 Å². The maximum atomic E-state index is 12.5.